The van der Waals surface area contributed by atoms with Gasteiger partial charge in [0.25, 0.3) is 0 Å². The Balaban J connectivity index is 1.52. The number of thiophene rings is 1. The van der Waals surface area contributed by atoms with Crippen molar-refractivity contribution in [2.24, 2.45) is 0 Å². The number of hydrogen-bond donors (Lipinski definition) is 1. The van der Waals surface area contributed by atoms with Gasteiger partial charge in [-0.1, -0.05) is 29.8 Å². The second kappa shape index (κ2) is 9.61. The summed E-state index contributed by atoms with van der Waals surface area (Å²) in [6.45, 7) is 1.88. The van der Waals surface area contributed by atoms with E-state index in [1.807, 2.05) is 31.2 Å². The standard InChI is InChI=1S/C20H20N2O5S3/c1-13-3-5-14(6-4-13)19-22-16(12-28-19)20(24)27-11-17(23)18-8-7-15(29-18)9-10-21-30(2,25)26/h3-8,12,21H,9-11H2,1-2H3. The first-order valence-electron chi connectivity index (χ1n) is 8.97. The molecule has 30 heavy (non-hydrogen) atoms. The molecule has 0 saturated heterocycles. The summed E-state index contributed by atoms with van der Waals surface area (Å²) in [5, 5.41) is 2.32. The van der Waals surface area contributed by atoms with Crippen LogP contribution in [-0.4, -0.2) is 44.6 Å². The molecule has 0 atom stereocenters. The molecule has 0 aliphatic heterocycles. The zero-order valence-corrected chi connectivity index (χ0v) is 18.8. The predicted octanol–water partition coefficient (Wildman–Crippen LogP) is 3.31. The second-order valence-electron chi connectivity index (χ2n) is 6.59. The van der Waals surface area contributed by atoms with Gasteiger partial charge < -0.3 is 4.74 Å². The van der Waals surface area contributed by atoms with E-state index in [1.54, 1.807) is 17.5 Å². The molecule has 0 amide bonds. The maximum atomic E-state index is 12.3. The summed E-state index contributed by atoms with van der Waals surface area (Å²) in [4.78, 5) is 30.1. The van der Waals surface area contributed by atoms with Gasteiger partial charge in [0.1, 0.15) is 5.01 Å². The van der Waals surface area contributed by atoms with Crippen molar-refractivity contribution in [3.8, 4) is 10.6 Å². The Morgan fingerprint density at radius 1 is 1.13 bits per heavy atom. The number of carbonyl (C=O) groups is 2. The summed E-state index contributed by atoms with van der Waals surface area (Å²) in [5.41, 5.74) is 2.22. The molecule has 1 aromatic carbocycles. The SMILES string of the molecule is Cc1ccc(-c2nc(C(=O)OCC(=O)c3ccc(CCNS(C)(=O)=O)s3)cs2)cc1. The van der Waals surface area contributed by atoms with Crippen molar-refractivity contribution in [1.82, 2.24) is 9.71 Å². The van der Waals surface area contributed by atoms with Crippen molar-refractivity contribution >= 4 is 44.4 Å². The van der Waals surface area contributed by atoms with Crippen molar-refractivity contribution in [3.63, 3.8) is 0 Å². The fraction of sp³-hybridized carbons (Fsp3) is 0.250. The van der Waals surface area contributed by atoms with Gasteiger partial charge in [0.05, 0.1) is 11.1 Å². The Morgan fingerprint density at radius 3 is 2.57 bits per heavy atom. The van der Waals surface area contributed by atoms with Crippen LogP contribution in [0.15, 0.2) is 41.8 Å². The van der Waals surface area contributed by atoms with Gasteiger partial charge in [-0.25, -0.2) is 22.9 Å². The number of benzene rings is 1. The van der Waals surface area contributed by atoms with E-state index in [9.17, 15) is 18.0 Å². The lowest BCUT2D eigenvalue weighted by atomic mass is 10.2. The molecule has 1 N–H and O–H groups in total. The minimum atomic E-state index is -3.24. The Kier molecular flexibility index (Phi) is 7.14. The molecule has 0 spiro atoms. The highest BCUT2D eigenvalue weighted by Gasteiger charge is 2.17. The van der Waals surface area contributed by atoms with Gasteiger partial charge in [-0.3, -0.25) is 4.79 Å². The summed E-state index contributed by atoms with van der Waals surface area (Å²) < 4.78 is 29.7. The van der Waals surface area contributed by atoms with Crippen molar-refractivity contribution in [1.29, 1.82) is 0 Å². The van der Waals surface area contributed by atoms with Gasteiger partial charge in [0, 0.05) is 22.4 Å². The molecule has 3 rings (SSSR count). The van der Waals surface area contributed by atoms with Crippen molar-refractivity contribution in [3.05, 3.63) is 62.8 Å². The molecule has 0 saturated carbocycles. The zero-order valence-electron chi connectivity index (χ0n) is 16.4. The lowest BCUT2D eigenvalue weighted by Gasteiger charge is -2.01. The number of ketones is 1. The number of esters is 1. The molecule has 0 bridgehead atoms. The minimum Gasteiger partial charge on any atom is -0.453 e. The van der Waals surface area contributed by atoms with Crippen molar-refractivity contribution < 1.29 is 22.7 Å². The van der Waals surface area contributed by atoms with Crippen LogP contribution >= 0.6 is 22.7 Å². The summed E-state index contributed by atoms with van der Waals surface area (Å²) in [6, 6.07) is 11.2. The van der Waals surface area contributed by atoms with E-state index in [2.05, 4.69) is 9.71 Å². The quantitative estimate of drug-likeness (QED) is 0.385. The van der Waals surface area contributed by atoms with Crippen LogP contribution in [0.25, 0.3) is 10.6 Å². The number of aryl methyl sites for hydroxylation is 1. The normalized spacial score (nSPS) is 11.4. The molecule has 0 fully saturated rings. The van der Waals surface area contributed by atoms with Crippen LogP contribution in [0.5, 0.6) is 0 Å². The fourth-order valence-corrected chi connectivity index (χ4v) is 4.69. The smallest absolute Gasteiger partial charge is 0.358 e. The summed E-state index contributed by atoms with van der Waals surface area (Å²) in [6.07, 6.45) is 1.57. The number of aromatic nitrogens is 1. The van der Waals surface area contributed by atoms with Gasteiger partial charge in [-0.15, -0.1) is 22.7 Å². The topological polar surface area (TPSA) is 102 Å². The highest BCUT2D eigenvalue weighted by Crippen LogP contribution is 2.24. The van der Waals surface area contributed by atoms with Gasteiger partial charge >= 0.3 is 5.97 Å². The maximum Gasteiger partial charge on any atom is 0.358 e. The van der Waals surface area contributed by atoms with E-state index in [-0.39, 0.29) is 24.6 Å². The number of rotatable bonds is 9. The molecule has 2 heterocycles. The molecule has 158 valence electrons. The number of thiazole rings is 1. The van der Waals surface area contributed by atoms with Crippen LogP contribution in [0.1, 0.15) is 30.6 Å². The van der Waals surface area contributed by atoms with Gasteiger partial charge in [0.2, 0.25) is 15.8 Å². The largest absolute Gasteiger partial charge is 0.453 e. The zero-order chi connectivity index (χ0) is 21.7. The van der Waals surface area contributed by atoms with E-state index in [4.69, 9.17) is 4.74 Å². The highest BCUT2D eigenvalue weighted by molar-refractivity contribution is 7.88. The third-order valence-electron chi connectivity index (χ3n) is 4.02. The summed E-state index contributed by atoms with van der Waals surface area (Å²) >= 11 is 2.59. The van der Waals surface area contributed by atoms with Crippen molar-refractivity contribution in [2.75, 3.05) is 19.4 Å². The van der Waals surface area contributed by atoms with E-state index < -0.39 is 16.0 Å². The monoisotopic (exact) mass is 464 g/mol. The van der Waals surface area contributed by atoms with Crippen LogP contribution in [-0.2, 0) is 21.2 Å². The third kappa shape index (κ3) is 6.30. The molecule has 0 aliphatic carbocycles. The number of ether oxygens (including phenoxy) is 1. The Bertz CT molecular complexity index is 1150. The van der Waals surface area contributed by atoms with Crippen LogP contribution in [0.4, 0.5) is 0 Å². The van der Waals surface area contributed by atoms with E-state index in [1.165, 1.54) is 22.7 Å². The molecule has 2 aromatic heterocycles. The van der Waals surface area contributed by atoms with E-state index in [0.29, 0.717) is 16.3 Å². The number of nitrogens with one attached hydrogen (secondary N) is 1. The maximum absolute atomic E-state index is 12.3. The first kappa shape index (κ1) is 22.3. The van der Waals surface area contributed by atoms with Crippen molar-refractivity contribution in [2.45, 2.75) is 13.3 Å². The van der Waals surface area contributed by atoms with E-state index in [0.717, 1.165) is 22.3 Å². The van der Waals surface area contributed by atoms with Crippen LogP contribution in [0.2, 0.25) is 0 Å². The average Bonchev–Trinajstić information content (AvgIpc) is 3.35. The first-order chi connectivity index (χ1) is 14.2. The molecule has 0 unspecified atom stereocenters. The van der Waals surface area contributed by atoms with E-state index >= 15 is 0 Å². The predicted molar refractivity (Wildman–Crippen MR) is 118 cm³/mol. The Morgan fingerprint density at radius 2 is 1.87 bits per heavy atom. The minimum absolute atomic E-state index is 0.169. The Labute approximate surface area is 182 Å². The second-order valence-corrected chi connectivity index (χ2v) is 10.4. The molecule has 3 aromatic rings. The lowest BCUT2D eigenvalue weighted by molar-refractivity contribution is 0.0471. The first-order valence-corrected chi connectivity index (χ1v) is 12.6. The fourth-order valence-electron chi connectivity index (χ4n) is 2.49. The third-order valence-corrected chi connectivity index (χ3v) is 6.82. The number of hydrogen-bond acceptors (Lipinski definition) is 8. The number of nitrogens with zero attached hydrogens (tertiary/aromatic N) is 1. The van der Waals surface area contributed by atoms with Crippen LogP contribution < -0.4 is 4.72 Å². The lowest BCUT2D eigenvalue weighted by Crippen LogP contribution is -2.24. The summed E-state index contributed by atoms with van der Waals surface area (Å²) in [5.74, 6) is -0.961. The number of carbonyl (C=O) groups excluding carboxylic acids is 2. The van der Waals surface area contributed by atoms with Gasteiger partial charge in [-0.05, 0) is 25.5 Å². The molecule has 10 heteroatoms. The van der Waals surface area contributed by atoms with Crippen LogP contribution in [0.3, 0.4) is 0 Å². The number of sulfonamides is 1. The molecular weight excluding hydrogens is 444 g/mol. The van der Waals surface area contributed by atoms with Gasteiger partial charge in [0.15, 0.2) is 12.3 Å². The molecule has 0 radical (unpaired) electrons. The molecular formula is C20H20N2O5S3. The molecule has 7 nitrogen and oxygen atoms in total. The number of Topliss-reactive ketones (excluding diaryl/α,β-unsaturated/α-hetero) is 1. The Hall–Kier alpha value is -2.40. The average molecular weight is 465 g/mol. The van der Waals surface area contributed by atoms with Gasteiger partial charge in [-0.2, -0.15) is 0 Å². The van der Waals surface area contributed by atoms with Crippen LogP contribution in [0, 0.1) is 6.92 Å². The molecule has 0 aliphatic rings. The summed E-state index contributed by atoms with van der Waals surface area (Å²) in [7, 11) is -3.24. The highest BCUT2D eigenvalue weighted by atomic mass is 32.2.